The monoisotopic (exact) mass is 405 g/mol. The number of hydrazone groups is 1. The Kier molecular flexibility index (Phi) is 5.93. The van der Waals surface area contributed by atoms with Crippen LogP contribution in [0.2, 0.25) is 5.02 Å². The average molecular weight is 406 g/mol. The SMILES string of the molecule is CCOc1cccc2cc(/C(C)=N\NC(=S)Nc3ccc(F)c(Cl)c3)oc12. The fourth-order valence-electron chi connectivity index (χ4n) is 2.41. The molecular formula is C19H17ClFN3O2S. The average Bonchev–Trinajstić information content (AvgIpc) is 3.08. The number of para-hydroxylation sites is 1. The molecule has 0 radical (unpaired) electrons. The number of halogens is 2. The Balaban J connectivity index is 1.71. The van der Waals surface area contributed by atoms with Gasteiger partial charge >= 0.3 is 0 Å². The van der Waals surface area contributed by atoms with Crippen LogP contribution in [-0.2, 0) is 0 Å². The first-order chi connectivity index (χ1) is 13.0. The molecule has 8 heteroatoms. The largest absolute Gasteiger partial charge is 0.490 e. The molecular weight excluding hydrogens is 389 g/mol. The number of ether oxygens (including phenoxy) is 1. The normalized spacial score (nSPS) is 11.5. The Bertz CT molecular complexity index is 1020. The molecule has 3 rings (SSSR count). The van der Waals surface area contributed by atoms with Crippen LogP contribution in [0.4, 0.5) is 10.1 Å². The molecule has 3 aromatic rings. The molecule has 5 nitrogen and oxygen atoms in total. The van der Waals surface area contributed by atoms with Crippen LogP contribution < -0.4 is 15.5 Å². The highest BCUT2D eigenvalue weighted by atomic mass is 35.5. The summed E-state index contributed by atoms with van der Waals surface area (Å²) in [6, 6.07) is 11.8. The van der Waals surface area contributed by atoms with Gasteiger partial charge < -0.3 is 14.5 Å². The zero-order valence-corrected chi connectivity index (χ0v) is 16.2. The smallest absolute Gasteiger partial charge is 0.191 e. The standard InChI is InChI=1S/C19H17ClFN3O2S/c1-3-25-16-6-4-5-12-9-17(26-18(12)16)11(2)23-24-19(27)22-13-7-8-15(21)14(20)10-13/h4-10H,3H2,1-2H3,(H2,22,24,27)/b23-11-. The summed E-state index contributed by atoms with van der Waals surface area (Å²) in [5, 5.41) is 8.27. The molecule has 0 aliphatic heterocycles. The van der Waals surface area contributed by atoms with E-state index in [1.807, 2.05) is 31.2 Å². The van der Waals surface area contributed by atoms with Gasteiger partial charge in [0, 0.05) is 11.1 Å². The molecule has 1 heterocycles. The van der Waals surface area contributed by atoms with Gasteiger partial charge in [0.05, 0.1) is 11.6 Å². The first kappa shape index (κ1) is 19.1. The second-order valence-corrected chi connectivity index (χ2v) is 6.43. The first-order valence-corrected chi connectivity index (χ1v) is 8.98. The fraction of sp³-hybridized carbons (Fsp3) is 0.158. The van der Waals surface area contributed by atoms with E-state index < -0.39 is 5.82 Å². The van der Waals surface area contributed by atoms with Crippen LogP contribution in [-0.4, -0.2) is 17.4 Å². The highest BCUT2D eigenvalue weighted by Crippen LogP contribution is 2.29. The summed E-state index contributed by atoms with van der Waals surface area (Å²) in [6.45, 7) is 4.26. The number of anilines is 1. The molecule has 0 spiro atoms. The third kappa shape index (κ3) is 4.56. The maximum Gasteiger partial charge on any atom is 0.191 e. The van der Waals surface area contributed by atoms with Crippen LogP contribution in [0.25, 0.3) is 11.0 Å². The number of nitrogens with zero attached hydrogens (tertiary/aromatic N) is 1. The van der Waals surface area contributed by atoms with Gasteiger partial charge in [-0.25, -0.2) is 4.39 Å². The molecule has 140 valence electrons. The highest BCUT2D eigenvalue weighted by Gasteiger charge is 2.11. The number of benzene rings is 2. The topological polar surface area (TPSA) is 58.8 Å². The lowest BCUT2D eigenvalue weighted by atomic mass is 10.2. The molecule has 0 saturated heterocycles. The lowest BCUT2D eigenvalue weighted by Crippen LogP contribution is -2.24. The van der Waals surface area contributed by atoms with E-state index in [0.717, 1.165) is 5.39 Å². The van der Waals surface area contributed by atoms with Crippen LogP contribution in [0.3, 0.4) is 0 Å². The molecule has 2 aromatic carbocycles. The third-order valence-corrected chi connectivity index (χ3v) is 4.15. The maximum absolute atomic E-state index is 13.2. The van der Waals surface area contributed by atoms with Crippen molar-refractivity contribution in [3.63, 3.8) is 0 Å². The lowest BCUT2D eigenvalue weighted by Gasteiger charge is -2.08. The van der Waals surface area contributed by atoms with Crippen LogP contribution in [0, 0.1) is 5.82 Å². The van der Waals surface area contributed by atoms with Crippen molar-refractivity contribution in [1.29, 1.82) is 0 Å². The van der Waals surface area contributed by atoms with Crippen molar-refractivity contribution in [2.75, 3.05) is 11.9 Å². The number of furan rings is 1. The Morgan fingerprint density at radius 3 is 2.85 bits per heavy atom. The minimum atomic E-state index is -0.494. The predicted octanol–water partition coefficient (Wildman–Crippen LogP) is 5.33. The predicted molar refractivity (Wildman–Crippen MR) is 110 cm³/mol. The number of rotatable bonds is 5. The van der Waals surface area contributed by atoms with Gasteiger partial charge in [0.15, 0.2) is 22.2 Å². The van der Waals surface area contributed by atoms with E-state index in [4.69, 9.17) is 33.0 Å². The number of fused-ring (bicyclic) bond motifs is 1. The van der Waals surface area contributed by atoms with Crippen LogP contribution in [0.5, 0.6) is 5.75 Å². The minimum Gasteiger partial charge on any atom is -0.490 e. The van der Waals surface area contributed by atoms with E-state index in [9.17, 15) is 4.39 Å². The zero-order valence-electron chi connectivity index (χ0n) is 14.7. The van der Waals surface area contributed by atoms with Crippen molar-refractivity contribution < 1.29 is 13.5 Å². The summed E-state index contributed by atoms with van der Waals surface area (Å²) in [5.74, 6) is 0.788. The molecule has 0 amide bonds. The molecule has 0 aliphatic rings. The quantitative estimate of drug-likeness (QED) is 0.341. The van der Waals surface area contributed by atoms with Gasteiger partial charge in [0.25, 0.3) is 0 Å². The van der Waals surface area contributed by atoms with E-state index >= 15 is 0 Å². The number of nitrogens with one attached hydrogen (secondary N) is 2. The van der Waals surface area contributed by atoms with E-state index in [2.05, 4.69) is 15.8 Å². The van der Waals surface area contributed by atoms with Crippen molar-refractivity contribution >= 4 is 51.3 Å². The Labute approximate surface area is 166 Å². The van der Waals surface area contributed by atoms with Crippen molar-refractivity contribution in [1.82, 2.24) is 5.43 Å². The van der Waals surface area contributed by atoms with Gasteiger partial charge in [0.2, 0.25) is 0 Å². The van der Waals surface area contributed by atoms with E-state index in [-0.39, 0.29) is 10.1 Å². The lowest BCUT2D eigenvalue weighted by molar-refractivity contribution is 0.338. The molecule has 2 N–H and O–H groups in total. The fourth-order valence-corrected chi connectivity index (χ4v) is 2.75. The minimum absolute atomic E-state index is 0.00913. The highest BCUT2D eigenvalue weighted by molar-refractivity contribution is 7.80. The van der Waals surface area contributed by atoms with E-state index in [1.54, 1.807) is 6.92 Å². The Hall–Kier alpha value is -2.64. The van der Waals surface area contributed by atoms with Crippen molar-refractivity contribution in [3.8, 4) is 5.75 Å². The van der Waals surface area contributed by atoms with E-state index in [1.165, 1.54) is 18.2 Å². The molecule has 0 unspecified atom stereocenters. The van der Waals surface area contributed by atoms with Gasteiger partial charge in [-0.2, -0.15) is 5.10 Å². The maximum atomic E-state index is 13.2. The summed E-state index contributed by atoms with van der Waals surface area (Å²) >= 11 is 10.9. The van der Waals surface area contributed by atoms with Gasteiger partial charge in [-0.15, -0.1) is 0 Å². The van der Waals surface area contributed by atoms with Gasteiger partial charge in [-0.3, -0.25) is 5.43 Å². The summed E-state index contributed by atoms with van der Waals surface area (Å²) in [4.78, 5) is 0. The summed E-state index contributed by atoms with van der Waals surface area (Å²) in [7, 11) is 0. The van der Waals surface area contributed by atoms with Crippen molar-refractivity contribution in [2.24, 2.45) is 5.10 Å². The first-order valence-electron chi connectivity index (χ1n) is 8.20. The molecule has 0 atom stereocenters. The van der Waals surface area contributed by atoms with Crippen molar-refractivity contribution in [2.45, 2.75) is 13.8 Å². The Morgan fingerprint density at radius 1 is 1.30 bits per heavy atom. The number of hydrogen-bond donors (Lipinski definition) is 2. The van der Waals surface area contributed by atoms with E-state index in [0.29, 0.717) is 35.1 Å². The molecule has 0 saturated carbocycles. The van der Waals surface area contributed by atoms with Crippen LogP contribution in [0.1, 0.15) is 19.6 Å². The molecule has 27 heavy (non-hydrogen) atoms. The second-order valence-electron chi connectivity index (χ2n) is 5.61. The molecule has 0 fully saturated rings. The summed E-state index contributed by atoms with van der Waals surface area (Å²) in [6.07, 6.45) is 0. The number of hydrogen-bond acceptors (Lipinski definition) is 4. The Morgan fingerprint density at radius 2 is 2.11 bits per heavy atom. The van der Waals surface area contributed by atoms with Crippen LogP contribution in [0.15, 0.2) is 52.0 Å². The number of thiocarbonyl (C=S) groups is 1. The van der Waals surface area contributed by atoms with Gasteiger partial charge in [-0.1, -0.05) is 23.7 Å². The second kappa shape index (κ2) is 8.37. The molecule has 1 aromatic heterocycles. The van der Waals surface area contributed by atoms with Gasteiger partial charge in [0.1, 0.15) is 11.5 Å². The van der Waals surface area contributed by atoms with Crippen molar-refractivity contribution in [3.05, 3.63) is 59.1 Å². The third-order valence-electron chi connectivity index (χ3n) is 3.67. The molecule has 0 aliphatic carbocycles. The van der Waals surface area contributed by atoms with Crippen LogP contribution >= 0.6 is 23.8 Å². The molecule has 0 bridgehead atoms. The summed E-state index contributed by atoms with van der Waals surface area (Å²) in [5.41, 5.74) is 4.56. The summed E-state index contributed by atoms with van der Waals surface area (Å²) < 4.78 is 24.6. The zero-order chi connectivity index (χ0) is 19.4. The van der Waals surface area contributed by atoms with Gasteiger partial charge in [-0.05, 0) is 56.4 Å².